The van der Waals surface area contributed by atoms with Crippen molar-refractivity contribution in [3.05, 3.63) is 29.8 Å². The predicted octanol–water partition coefficient (Wildman–Crippen LogP) is 1.08. The quantitative estimate of drug-likeness (QED) is 0.829. The zero-order valence-electron chi connectivity index (χ0n) is 9.30. The number of aliphatic hydroxyl groups is 1. The van der Waals surface area contributed by atoms with Gasteiger partial charge in [0.15, 0.2) is 0 Å². The molecule has 0 bridgehead atoms. The van der Waals surface area contributed by atoms with Crippen LogP contribution in [0.15, 0.2) is 24.3 Å². The van der Waals surface area contributed by atoms with Crippen molar-refractivity contribution in [2.45, 2.75) is 18.6 Å². The summed E-state index contributed by atoms with van der Waals surface area (Å²) in [6.45, 7) is 1.41. The Morgan fingerprint density at radius 3 is 3.00 bits per heavy atom. The van der Waals surface area contributed by atoms with E-state index in [0.29, 0.717) is 17.9 Å². The van der Waals surface area contributed by atoms with Gasteiger partial charge in [-0.3, -0.25) is 0 Å². The lowest BCUT2D eigenvalue weighted by Crippen LogP contribution is -2.46. The van der Waals surface area contributed by atoms with Gasteiger partial charge in [0.1, 0.15) is 18.0 Å². The van der Waals surface area contributed by atoms with Gasteiger partial charge in [0.25, 0.3) is 0 Å². The molecule has 0 aromatic heterocycles. The van der Waals surface area contributed by atoms with Crippen molar-refractivity contribution < 1.29 is 9.84 Å². The number of nitriles is 1. The summed E-state index contributed by atoms with van der Waals surface area (Å²) in [5.74, 6) is 0.644. The van der Waals surface area contributed by atoms with Crippen LogP contribution in [0.3, 0.4) is 0 Å². The van der Waals surface area contributed by atoms with Crippen LogP contribution < -0.4 is 10.1 Å². The summed E-state index contributed by atoms with van der Waals surface area (Å²) < 4.78 is 5.67. The molecule has 1 aromatic carbocycles. The number of nitrogens with zero attached hydrogens (tertiary/aromatic N) is 1. The molecule has 2 N–H and O–H groups in total. The molecule has 5 heteroatoms. The van der Waals surface area contributed by atoms with Gasteiger partial charge in [-0.05, 0) is 31.2 Å². The normalized spacial score (nSPS) is 23.3. The van der Waals surface area contributed by atoms with Gasteiger partial charge >= 0.3 is 0 Å². The minimum absolute atomic E-state index is 0. The average Bonchev–Trinajstić information content (AvgIpc) is 2.32. The standard InChI is InChI=1S/C12H14N2O2.ClH/c13-7-9-2-1-3-10(6-9)16-12-4-5-14-8-11(12)15;/h1-3,6,11-12,14-15H,4-5,8H2;1H/t11-,12-;/m1./s1. The van der Waals surface area contributed by atoms with Crippen LogP contribution in [0.4, 0.5) is 0 Å². The summed E-state index contributed by atoms with van der Waals surface area (Å²) in [4.78, 5) is 0. The van der Waals surface area contributed by atoms with Crippen LogP contribution in [0.25, 0.3) is 0 Å². The minimum atomic E-state index is -0.487. The Balaban J connectivity index is 0.00000144. The number of nitrogens with one attached hydrogen (secondary N) is 1. The largest absolute Gasteiger partial charge is 0.488 e. The van der Waals surface area contributed by atoms with Crippen LogP contribution in [-0.2, 0) is 0 Å². The van der Waals surface area contributed by atoms with Crippen LogP contribution in [0.2, 0.25) is 0 Å². The minimum Gasteiger partial charge on any atom is -0.488 e. The first-order chi connectivity index (χ1) is 7.79. The van der Waals surface area contributed by atoms with E-state index in [1.807, 2.05) is 0 Å². The maximum atomic E-state index is 9.70. The van der Waals surface area contributed by atoms with Crippen LogP contribution in [0.5, 0.6) is 5.75 Å². The van der Waals surface area contributed by atoms with Crippen LogP contribution in [0.1, 0.15) is 12.0 Å². The van der Waals surface area contributed by atoms with E-state index in [1.165, 1.54) is 0 Å². The maximum absolute atomic E-state index is 9.70. The molecule has 0 amide bonds. The van der Waals surface area contributed by atoms with Crippen LogP contribution in [0, 0.1) is 11.3 Å². The number of benzene rings is 1. The fraction of sp³-hybridized carbons (Fsp3) is 0.417. The fourth-order valence-electron chi connectivity index (χ4n) is 1.77. The highest BCUT2D eigenvalue weighted by Crippen LogP contribution is 2.18. The fourth-order valence-corrected chi connectivity index (χ4v) is 1.77. The number of piperidine rings is 1. The van der Waals surface area contributed by atoms with Gasteiger partial charge in [-0.25, -0.2) is 0 Å². The lowest BCUT2D eigenvalue weighted by molar-refractivity contribution is 0.0162. The Labute approximate surface area is 107 Å². The summed E-state index contributed by atoms with van der Waals surface area (Å²) in [5, 5.41) is 21.5. The Morgan fingerprint density at radius 2 is 2.29 bits per heavy atom. The Kier molecular flexibility index (Phi) is 5.23. The second kappa shape index (κ2) is 6.45. The van der Waals surface area contributed by atoms with Crippen molar-refractivity contribution in [3.8, 4) is 11.8 Å². The number of aliphatic hydroxyl groups excluding tert-OH is 1. The van der Waals surface area contributed by atoms with Gasteiger partial charge in [0, 0.05) is 6.54 Å². The summed E-state index contributed by atoms with van der Waals surface area (Å²) in [6, 6.07) is 9.06. The monoisotopic (exact) mass is 254 g/mol. The third kappa shape index (κ3) is 3.60. The third-order valence-electron chi connectivity index (χ3n) is 2.64. The summed E-state index contributed by atoms with van der Waals surface area (Å²) in [6.07, 6.45) is 0.104. The van der Waals surface area contributed by atoms with E-state index < -0.39 is 6.10 Å². The first-order valence-corrected chi connectivity index (χ1v) is 5.35. The lowest BCUT2D eigenvalue weighted by Gasteiger charge is -2.28. The van der Waals surface area contributed by atoms with Crippen LogP contribution >= 0.6 is 12.4 Å². The number of hydrogen-bond acceptors (Lipinski definition) is 4. The molecule has 0 spiro atoms. The maximum Gasteiger partial charge on any atom is 0.127 e. The molecule has 1 fully saturated rings. The SMILES string of the molecule is Cl.N#Cc1cccc(O[C@@H]2CCNC[C@H]2O)c1. The molecule has 4 nitrogen and oxygen atoms in total. The molecule has 1 heterocycles. The number of β-amino-alcohol motifs (C(OH)–C–C–N with tert-alkyl or cyclic N) is 1. The number of halogens is 1. The molecule has 0 unspecified atom stereocenters. The summed E-state index contributed by atoms with van der Waals surface area (Å²) in [5.41, 5.74) is 0.570. The molecule has 17 heavy (non-hydrogen) atoms. The van der Waals surface area contributed by atoms with E-state index in [2.05, 4.69) is 11.4 Å². The molecule has 92 valence electrons. The molecular formula is C12H15ClN2O2. The van der Waals surface area contributed by atoms with Gasteiger partial charge in [0.2, 0.25) is 0 Å². The third-order valence-corrected chi connectivity index (χ3v) is 2.64. The molecule has 0 aliphatic carbocycles. The molecule has 1 saturated heterocycles. The predicted molar refractivity (Wildman–Crippen MR) is 66.3 cm³/mol. The molecule has 1 aliphatic rings. The van der Waals surface area contributed by atoms with E-state index in [9.17, 15) is 5.11 Å². The highest BCUT2D eigenvalue weighted by atomic mass is 35.5. The van der Waals surface area contributed by atoms with E-state index in [1.54, 1.807) is 24.3 Å². The van der Waals surface area contributed by atoms with Crippen molar-refractivity contribution in [2.24, 2.45) is 0 Å². The Morgan fingerprint density at radius 1 is 1.47 bits per heavy atom. The zero-order chi connectivity index (χ0) is 11.4. The molecule has 1 aromatic rings. The van der Waals surface area contributed by atoms with Gasteiger partial charge < -0.3 is 15.2 Å². The first kappa shape index (κ1) is 13.8. The molecular weight excluding hydrogens is 240 g/mol. The van der Waals surface area contributed by atoms with Crippen molar-refractivity contribution in [3.63, 3.8) is 0 Å². The zero-order valence-corrected chi connectivity index (χ0v) is 10.1. The van der Waals surface area contributed by atoms with Crippen LogP contribution in [-0.4, -0.2) is 30.4 Å². The topological polar surface area (TPSA) is 65.3 Å². The van der Waals surface area contributed by atoms with Gasteiger partial charge in [-0.2, -0.15) is 5.26 Å². The van der Waals surface area contributed by atoms with E-state index in [0.717, 1.165) is 13.0 Å². The van der Waals surface area contributed by atoms with Gasteiger partial charge in [-0.1, -0.05) is 6.07 Å². The number of hydrogen-bond donors (Lipinski definition) is 2. The summed E-state index contributed by atoms with van der Waals surface area (Å²) in [7, 11) is 0. The second-order valence-electron chi connectivity index (χ2n) is 3.86. The van der Waals surface area contributed by atoms with Crippen molar-refractivity contribution in [2.75, 3.05) is 13.1 Å². The number of ether oxygens (including phenoxy) is 1. The highest BCUT2D eigenvalue weighted by molar-refractivity contribution is 5.85. The van der Waals surface area contributed by atoms with E-state index in [-0.39, 0.29) is 18.5 Å². The summed E-state index contributed by atoms with van der Waals surface area (Å²) >= 11 is 0. The molecule has 2 atom stereocenters. The first-order valence-electron chi connectivity index (χ1n) is 5.35. The molecule has 0 saturated carbocycles. The van der Waals surface area contributed by atoms with Crippen molar-refractivity contribution in [1.82, 2.24) is 5.32 Å². The lowest BCUT2D eigenvalue weighted by atomic mass is 10.1. The average molecular weight is 255 g/mol. The van der Waals surface area contributed by atoms with E-state index in [4.69, 9.17) is 10.00 Å². The molecule has 1 aliphatic heterocycles. The van der Waals surface area contributed by atoms with E-state index >= 15 is 0 Å². The van der Waals surface area contributed by atoms with Gasteiger partial charge in [-0.15, -0.1) is 12.4 Å². The Hall–Kier alpha value is -1.28. The van der Waals surface area contributed by atoms with Gasteiger partial charge in [0.05, 0.1) is 11.6 Å². The number of rotatable bonds is 2. The molecule has 0 radical (unpaired) electrons. The second-order valence-corrected chi connectivity index (χ2v) is 3.86. The molecule has 2 rings (SSSR count). The Bertz CT molecular complexity index is 406. The van der Waals surface area contributed by atoms with Crippen molar-refractivity contribution >= 4 is 12.4 Å². The highest BCUT2D eigenvalue weighted by Gasteiger charge is 2.24. The van der Waals surface area contributed by atoms with Crippen molar-refractivity contribution in [1.29, 1.82) is 5.26 Å². The smallest absolute Gasteiger partial charge is 0.127 e.